The van der Waals surface area contributed by atoms with Gasteiger partial charge in [0, 0.05) is 24.7 Å². The Balaban J connectivity index is 1.87. The van der Waals surface area contributed by atoms with Crippen molar-refractivity contribution in [1.29, 1.82) is 0 Å². The first-order chi connectivity index (χ1) is 12.8. The number of nitrogens with zero attached hydrogens (tertiary/aromatic N) is 2. The third-order valence-corrected chi connectivity index (χ3v) is 4.76. The van der Waals surface area contributed by atoms with Gasteiger partial charge in [-0.05, 0) is 44.0 Å². The molecule has 7 heteroatoms. The fourth-order valence-electron chi connectivity index (χ4n) is 3.32. The Labute approximate surface area is 157 Å². The number of aromatic carboxylic acids is 1. The van der Waals surface area contributed by atoms with Crippen LogP contribution in [0.2, 0.25) is 0 Å². The molecule has 0 spiro atoms. The van der Waals surface area contributed by atoms with E-state index in [2.05, 4.69) is 10.3 Å². The minimum atomic E-state index is -1.01. The van der Waals surface area contributed by atoms with E-state index in [0.29, 0.717) is 41.0 Å². The van der Waals surface area contributed by atoms with E-state index in [1.54, 1.807) is 50.1 Å². The molecule has 27 heavy (non-hydrogen) atoms. The van der Waals surface area contributed by atoms with Crippen LogP contribution in [0.25, 0.3) is 11.3 Å². The Morgan fingerprint density at radius 2 is 2.00 bits per heavy atom. The predicted octanol–water partition coefficient (Wildman–Crippen LogP) is 2.02. The van der Waals surface area contributed by atoms with Gasteiger partial charge in [0.25, 0.3) is 5.91 Å². The van der Waals surface area contributed by atoms with Gasteiger partial charge < -0.3 is 15.3 Å². The number of pyridine rings is 1. The number of carboxylic acid groups (broad SMARTS) is 1. The topological polar surface area (TPSA) is 99.6 Å². The summed E-state index contributed by atoms with van der Waals surface area (Å²) in [7, 11) is 1.71. The lowest BCUT2D eigenvalue weighted by atomic mass is 10.0. The lowest BCUT2D eigenvalue weighted by Crippen LogP contribution is -2.40. The Kier molecular flexibility index (Phi) is 4.94. The number of amides is 2. The lowest BCUT2D eigenvalue weighted by molar-refractivity contribution is -0.128. The van der Waals surface area contributed by atoms with Crippen LogP contribution in [-0.4, -0.2) is 52.4 Å². The molecule has 2 heterocycles. The number of likely N-dealkylation sites (tertiary alicyclic amines) is 1. The van der Waals surface area contributed by atoms with Crippen LogP contribution in [0.4, 0.5) is 0 Å². The van der Waals surface area contributed by atoms with Gasteiger partial charge in [0.05, 0.1) is 17.0 Å². The summed E-state index contributed by atoms with van der Waals surface area (Å²) in [6.45, 7) is 4.00. The standard InChI is InChI=1S/C20H21N3O4/c1-11-9-16(21-12(2)17(11)20(26)27)13-5-4-6-14(10-13)18(24)22-15-7-8-23(3)19(15)25/h4-6,9-10,15H,7-8H2,1-3H3,(H,22,24)(H,26,27). The fourth-order valence-corrected chi connectivity index (χ4v) is 3.32. The number of likely N-dealkylation sites (N-methyl/N-ethyl adjacent to an activating group) is 1. The second-order valence-corrected chi connectivity index (χ2v) is 6.75. The summed E-state index contributed by atoms with van der Waals surface area (Å²) >= 11 is 0. The smallest absolute Gasteiger partial charge is 0.337 e. The number of carbonyl (C=O) groups is 3. The van der Waals surface area contributed by atoms with Gasteiger partial charge in [-0.15, -0.1) is 0 Å². The van der Waals surface area contributed by atoms with Gasteiger partial charge in [-0.2, -0.15) is 0 Å². The number of hydrogen-bond acceptors (Lipinski definition) is 4. The van der Waals surface area contributed by atoms with E-state index < -0.39 is 12.0 Å². The number of aryl methyl sites for hydroxylation is 2. The Morgan fingerprint density at radius 3 is 2.59 bits per heavy atom. The number of aromatic nitrogens is 1. The van der Waals surface area contributed by atoms with E-state index in [0.717, 1.165) is 0 Å². The molecule has 140 valence electrons. The summed E-state index contributed by atoms with van der Waals surface area (Å²) in [5.41, 5.74) is 2.96. The molecule has 1 aromatic heterocycles. The number of rotatable bonds is 4. The average molecular weight is 367 g/mol. The minimum Gasteiger partial charge on any atom is -0.478 e. The Morgan fingerprint density at radius 1 is 1.26 bits per heavy atom. The number of carboxylic acids is 1. The summed E-state index contributed by atoms with van der Waals surface area (Å²) < 4.78 is 0. The monoisotopic (exact) mass is 367 g/mol. The van der Waals surface area contributed by atoms with Crippen molar-refractivity contribution in [1.82, 2.24) is 15.2 Å². The summed E-state index contributed by atoms with van der Waals surface area (Å²) in [4.78, 5) is 41.8. The van der Waals surface area contributed by atoms with E-state index in [1.165, 1.54) is 0 Å². The molecule has 1 saturated heterocycles. The minimum absolute atomic E-state index is 0.0864. The average Bonchev–Trinajstić information content (AvgIpc) is 2.93. The summed E-state index contributed by atoms with van der Waals surface area (Å²) in [6, 6.07) is 8.12. The zero-order valence-electron chi connectivity index (χ0n) is 15.4. The first-order valence-electron chi connectivity index (χ1n) is 8.65. The second kappa shape index (κ2) is 7.19. The summed E-state index contributed by atoms with van der Waals surface area (Å²) in [5, 5.41) is 12.0. The van der Waals surface area contributed by atoms with Crippen molar-refractivity contribution in [2.75, 3.05) is 13.6 Å². The lowest BCUT2D eigenvalue weighted by Gasteiger charge is -2.13. The molecule has 1 fully saturated rings. The van der Waals surface area contributed by atoms with Crippen LogP contribution < -0.4 is 5.32 Å². The molecule has 7 nitrogen and oxygen atoms in total. The third kappa shape index (κ3) is 3.67. The highest BCUT2D eigenvalue weighted by Gasteiger charge is 2.30. The van der Waals surface area contributed by atoms with Crippen LogP contribution in [0.5, 0.6) is 0 Å². The molecule has 1 aliphatic rings. The van der Waals surface area contributed by atoms with Crippen molar-refractivity contribution in [2.45, 2.75) is 26.3 Å². The number of carbonyl (C=O) groups excluding carboxylic acids is 2. The molecule has 1 unspecified atom stereocenters. The molecule has 3 rings (SSSR count). The van der Waals surface area contributed by atoms with Crippen LogP contribution >= 0.6 is 0 Å². The van der Waals surface area contributed by atoms with Gasteiger partial charge in [-0.1, -0.05) is 12.1 Å². The largest absolute Gasteiger partial charge is 0.478 e. The number of hydrogen-bond donors (Lipinski definition) is 2. The molecular weight excluding hydrogens is 346 g/mol. The SMILES string of the molecule is Cc1cc(-c2cccc(C(=O)NC3CCN(C)C3=O)c2)nc(C)c1C(=O)O. The highest BCUT2D eigenvalue weighted by molar-refractivity contribution is 5.99. The van der Waals surface area contributed by atoms with E-state index in [9.17, 15) is 19.5 Å². The van der Waals surface area contributed by atoms with Crippen molar-refractivity contribution in [3.63, 3.8) is 0 Å². The Bertz CT molecular complexity index is 916. The Hall–Kier alpha value is -3.22. The molecule has 1 aromatic carbocycles. The van der Waals surface area contributed by atoms with E-state index in [4.69, 9.17) is 0 Å². The van der Waals surface area contributed by atoms with Crippen molar-refractivity contribution in [2.24, 2.45) is 0 Å². The summed E-state index contributed by atoms with van der Waals surface area (Å²) in [5.74, 6) is -1.42. The highest BCUT2D eigenvalue weighted by atomic mass is 16.4. The molecule has 1 atom stereocenters. The molecule has 2 amide bonds. The molecule has 0 aliphatic carbocycles. The van der Waals surface area contributed by atoms with Crippen LogP contribution in [0.15, 0.2) is 30.3 Å². The number of nitrogens with one attached hydrogen (secondary N) is 1. The molecule has 0 radical (unpaired) electrons. The highest BCUT2D eigenvalue weighted by Crippen LogP contribution is 2.23. The van der Waals surface area contributed by atoms with Gasteiger partial charge in [-0.25, -0.2) is 4.79 Å². The second-order valence-electron chi connectivity index (χ2n) is 6.75. The first-order valence-corrected chi connectivity index (χ1v) is 8.65. The van der Waals surface area contributed by atoms with Gasteiger partial charge in [-0.3, -0.25) is 14.6 Å². The van der Waals surface area contributed by atoms with Gasteiger partial charge in [0.15, 0.2) is 0 Å². The van der Waals surface area contributed by atoms with Crippen LogP contribution in [0.3, 0.4) is 0 Å². The van der Waals surface area contributed by atoms with Crippen LogP contribution in [0, 0.1) is 13.8 Å². The van der Waals surface area contributed by atoms with Crippen molar-refractivity contribution >= 4 is 17.8 Å². The molecule has 0 saturated carbocycles. The van der Waals surface area contributed by atoms with Gasteiger partial charge in [0.1, 0.15) is 6.04 Å². The molecule has 2 N–H and O–H groups in total. The maximum atomic E-state index is 12.5. The van der Waals surface area contributed by atoms with Crippen molar-refractivity contribution in [3.8, 4) is 11.3 Å². The molecule has 1 aliphatic heterocycles. The summed E-state index contributed by atoms with van der Waals surface area (Å²) in [6.07, 6.45) is 0.595. The zero-order chi connectivity index (χ0) is 19.7. The van der Waals surface area contributed by atoms with Crippen molar-refractivity contribution in [3.05, 3.63) is 52.7 Å². The quantitative estimate of drug-likeness (QED) is 0.861. The molecule has 0 bridgehead atoms. The molecule has 2 aromatic rings. The first kappa shape index (κ1) is 18.6. The fraction of sp³-hybridized carbons (Fsp3) is 0.300. The molecular formula is C20H21N3O4. The predicted molar refractivity (Wildman–Crippen MR) is 99.6 cm³/mol. The maximum Gasteiger partial charge on any atom is 0.337 e. The van der Waals surface area contributed by atoms with E-state index >= 15 is 0 Å². The van der Waals surface area contributed by atoms with Crippen LogP contribution in [0.1, 0.15) is 38.4 Å². The van der Waals surface area contributed by atoms with E-state index in [1.807, 2.05) is 6.07 Å². The van der Waals surface area contributed by atoms with E-state index in [-0.39, 0.29) is 17.4 Å². The maximum absolute atomic E-state index is 12.5. The normalized spacial score (nSPS) is 16.5. The zero-order valence-corrected chi connectivity index (χ0v) is 15.4. The van der Waals surface area contributed by atoms with Gasteiger partial charge in [0.2, 0.25) is 5.91 Å². The van der Waals surface area contributed by atoms with Crippen molar-refractivity contribution < 1.29 is 19.5 Å². The number of benzene rings is 1. The third-order valence-electron chi connectivity index (χ3n) is 4.76. The van der Waals surface area contributed by atoms with Crippen LogP contribution in [-0.2, 0) is 4.79 Å². The van der Waals surface area contributed by atoms with Gasteiger partial charge >= 0.3 is 5.97 Å².